The topological polar surface area (TPSA) is 119 Å². The molecule has 2 aromatic carbocycles. The molecule has 2 aliphatic carbocycles. The van der Waals surface area contributed by atoms with Crippen molar-refractivity contribution in [3.8, 4) is 17.0 Å². The van der Waals surface area contributed by atoms with Crippen LogP contribution in [0.25, 0.3) is 22.2 Å². The third kappa shape index (κ3) is 4.94. The summed E-state index contributed by atoms with van der Waals surface area (Å²) < 4.78 is 13.4. The fraction of sp³-hybridized carbons (Fsp3) is 0.444. The number of hydrogen-bond acceptors (Lipinski definition) is 6. The summed E-state index contributed by atoms with van der Waals surface area (Å²) >= 11 is 0. The van der Waals surface area contributed by atoms with E-state index < -0.39 is 12.2 Å². The minimum atomic E-state index is -0.925. The third-order valence-electron chi connectivity index (χ3n) is 7.09. The van der Waals surface area contributed by atoms with Gasteiger partial charge in [0.15, 0.2) is 0 Å². The highest BCUT2D eigenvalue weighted by Gasteiger charge is 2.31. The Balaban J connectivity index is 1.41. The zero-order valence-electron chi connectivity index (χ0n) is 19.9. The number of fused-ring (bicyclic) bond motifs is 1. The SMILES string of the molecule is C[C@@H](OC(=O)Nc1ccc(-c2c(N)c3ccc(OC[C@@H](O)CO)cc3n2C2CCC2)cc1)C1CC1. The summed E-state index contributed by atoms with van der Waals surface area (Å²) in [7, 11) is 0. The van der Waals surface area contributed by atoms with Crippen LogP contribution in [0.2, 0.25) is 0 Å². The molecular formula is C27H33N3O5. The van der Waals surface area contributed by atoms with Gasteiger partial charge in [-0.05, 0) is 69.2 Å². The van der Waals surface area contributed by atoms with Gasteiger partial charge in [0, 0.05) is 28.7 Å². The zero-order valence-corrected chi connectivity index (χ0v) is 19.9. The number of benzene rings is 2. The minimum absolute atomic E-state index is 0.0187. The number of aliphatic hydroxyl groups excluding tert-OH is 2. The lowest BCUT2D eigenvalue weighted by Gasteiger charge is -2.30. The molecule has 1 heterocycles. The van der Waals surface area contributed by atoms with Gasteiger partial charge >= 0.3 is 6.09 Å². The van der Waals surface area contributed by atoms with E-state index in [1.165, 1.54) is 6.42 Å². The molecular weight excluding hydrogens is 446 g/mol. The average Bonchev–Trinajstić information content (AvgIpc) is 3.63. The minimum Gasteiger partial charge on any atom is -0.491 e. The summed E-state index contributed by atoms with van der Waals surface area (Å²) in [5.74, 6) is 1.11. The second kappa shape index (κ2) is 9.79. The van der Waals surface area contributed by atoms with Crippen LogP contribution in [0.1, 0.15) is 45.1 Å². The Kier molecular flexibility index (Phi) is 6.58. The van der Waals surface area contributed by atoms with E-state index in [0.29, 0.717) is 29.1 Å². The number of rotatable bonds is 9. The molecule has 5 rings (SSSR count). The molecule has 1 aromatic heterocycles. The van der Waals surface area contributed by atoms with Crippen LogP contribution in [-0.2, 0) is 4.74 Å². The maximum Gasteiger partial charge on any atom is 0.411 e. The van der Waals surface area contributed by atoms with Gasteiger partial charge in [-0.2, -0.15) is 0 Å². The molecule has 2 saturated carbocycles. The molecule has 0 bridgehead atoms. The van der Waals surface area contributed by atoms with Crippen molar-refractivity contribution < 1.29 is 24.5 Å². The zero-order chi connectivity index (χ0) is 24.5. The van der Waals surface area contributed by atoms with E-state index >= 15 is 0 Å². The van der Waals surface area contributed by atoms with Crippen LogP contribution in [0.3, 0.4) is 0 Å². The largest absolute Gasteiger partial charge is 0.491 e. The van der Waals surface area contributed by atoms with Crippen LogP contribution in [-0.4, -0.2) is 46.3 Å². The molecule has 5 N–H and O–H groups in total. The molecule has 186 valence electrons. The van der Waals surface area contributed by atoms with Crippen LogP contribution in [0.15, 0.2) is 42.5 Å². The summed E-state index contributed by atoms with van der Waals surface area (Å²) in [6.45, 7) is 1.61. The van der Waals surface area contributed by atoms with Crippen molar-refractivity contribution in [1.82, 2.24) is 4.57 Å². The first kappa shape index (κ1) is 23.5. The predicted molar refractivity (Wildman–Crippen MR) is 136 cm³/mol. The van der Waals surface area contributed by atoms with Gasteiger partial charge in [-0.25, -0.2) is 4.79 Å². The fourth-order valence-electron chi connectivity index (χ4n) is 4.66. The lowest BCUT2D eigenvalue weighted by Crippen LogP contribution is -2.21. The maximum atomic E-state index is 12.2. The summed E-state index contributed by atoms with van der Waals surface area (Å²) in [4.78, 5) is 12.2. The van der Waals surface area contributed by atoms with Gasteiger partial charge in [0.1, 0.15) is 24.6 Å². The van der Waals surface area contributed by atoms with E-state index in [9.17, 15) is 9.90 Å². The smallest absolute Gasteiger partial charge is 0.411 e. The summed E-state index contributed by atoms with van der Waals surface area (Å²) in [6.07, 6.45) is 4.16. The molecule has 8 nitrogen and oxygen atoms in total. The van der Waals surface area contributed by atoms with Gasteiger partial charge in [0.2, 0.25) is 0 Å². The number of hydrogen-bond donors (Lipinski definition) is 4. The number of nitrogen functional groups attached to an aromatic ring is 1. The second-order valence-corrected chi connectivity index (χ2v) is 9.69. The molecule has 35 heavy (non-hydrogen) atoms. The number of nitrogens with one attached hydrogen (secondary N) is 1. The number of nitrogens with zero attached hydrogens (tertiary/aromatic N) is 1. The maximum absolute atomic E-state index is 12.2. The molecule has 2 atom stereocenters. The number of anilines is 2. The van der Waals surface area contributed by atoms with E-state index in [2.05, 4.69) is 9.88 Å². The quantitative estimate of drug-likeness (QED) is 0.353. The standard InChI is InChI=1S/C27H33N3O5/c1-16(17-5-6-17)35-27(33)29-19-9-7-18(8-10-19)26-25(28)23-12-11-22(34-15-21(32)14-31)13-24(23)30(26)20-3-2-4-20/h7-13,16-17,20-21,31-32H,2-6,14-15,28H2,1H3,(H,29,33)/t16-,21+/m1/s1. The Hall–Kier alpha value is -3.23. The number of aliphatic hydroxyl groups is 2. The number of aromatic nitrogens is 1. The van der Waals surface area contributed by atoms with Crippen molar-refractivity contribution in [2.45, 2.75) is 57.3 Å². The Morgan fingerprint density at radius 2 is 1.91 bits per heavy atom. The lowest BCUT2D eigenvalue weighted by molar-refractivity contribution is 0.0536. The summed E-state index contributed by atoms with van der Waals surface area (Å²) in [6, 6.07) is 13.7. The molecule has 0 spiro atoms. The summed E-state index contributed by atoms with van der Waals surface area (Å²) in [5.41, 5.74) is 10.9. The van der Waals surface area contributed by atoms with Crippen molar-refractivity contribution in [2.75, 3.05) is 24.3 Å². The lowest BCUT2D eigenvalue weighted by atomic mass is 9.92. The fourth-order valence-corrected chi connectivity index (χ4v) is 4.66. The molecule has 0 saturated heterocycles. The number of nitrogens with two attached hydrogens (primary N) is 1. The molecule has 0 aliphatic heterocycles. The first-order valence-electron chi connectivity index (χ1n) is 12.4. The molecule has 1 amide bonds. The molecule has 0 unspecified atom stereocenters. The number of carbonyl (C=O) groups excluding carboxylic acids is 1. The van der Waals surface area contributed by atoms with Crippen molar-refractivity contribution in [1.29, 1.82) is 0 Å². The second-order valence-electron chi connectivity index (χ2n) is 9.69. The van der Waals surface area contributed by atoms with Crippen LogP contribution in [0.5, 0.6) is 5.75 Å². The molecule has 8 heteroatoms. The highest BCUT2D eigenvalue weighted by molar-refractivity contribution is 6.01. The predicted octanol–water partition coefficient (Wildman–Crippen LogP) is 4.69. The van der Waals surface area contributed by atoms with E-state index in [-0.39, 0.29) is 19.3 Å². The van der Waals surface area contributed by atoms with Gasteiger partial charge in [-0.1, -0.05) is 12.1 Å². The molecule has 3 aromatic rings. The molecule has 2 fully saturated rings. The van der Waals surface area contributed by atoms with Crippen LogP contribution >= 0.6 is 0 Å². The number of amides is 1. The van der Waals surface area contributed by atoms with Crippen molar-refractivity contribution in [3.63, 3.8) is 0 Å². The van der Waals surface area contributed by atoms with Gasteiger partial charge in [0.25, 0.3) is 0 Å². The Bertz CT molecular complexity index is 1200. The summed E-state index contributed by atoms with van der Waals surface area (Å²) in [5, 5.41) is 22.5. The van der Waals surface area contributed by atoms with E-state index in [4.69, 9.17) is 20.3 Å². The van der Waals surface area contributed by atoms with E-state index in [1.807, 2.05) is 49.4 Å². The molecule has 0 radical (unpaired) electrons. The first-order chi connectivity index (χ1) is 16.9. The average molecular weight is 480 g/mol. The van der Waals surface area contributed by atoms with Gasteiger partial charge in [0.05, 0.1) is 23.5 Å². The molecule has 2 aliphatic rings. The van der Waals surface area contributed by atoms with Crippen LogP contribution < -0.4 is 15.8 Å². The first-order valence-corrected chi connectivity index (χ1v) is 12.4. The monoisotopic (exact) mass is 479 g/mol. The number of ether oxygens (including phenoxy) is 2. The highest BCUT2D eigenvalue weighted by atomic mass is 16.6. The third-order valence-corrected chi connectivity index (χ3v) is 7.09. The Morgan fingerprint density at radius 1 is 1.17 bits per heavy atom. The van der Waals surface area contributed by atoms with Crippen molar-refractivity contribution >= 4 is 28.4 Å². The normalized spacial score (nSPS) is 17.6. The van der Waals surface area contributed by atoms with Crippen molar-refractivity contribution in [3.05, 3.63) is 42.5 Å². The van der Waals surface area contributed by atoms with Gasteiger partial charge in [-0.15, -0.1) is 0 Å². The Morgan fingerprint density at radius 3 is 2.54 bits per heavy atom. The van der Waals surface area contributed by atoms with Crippen molar-refractivity contribution in [2.24, 2.45) is 5.92 Å². The van der Waals surface area contributed by atoms with Crippen LogP contribution in [0.4, 0.5) is 16.2 Å². The van der Waals surface area contributed by atoms with Crippen LogP contribution in [0, 0.1) is 5.92 Å². The van der Waals surface area contributed by atoms with Gasteiger partial charge in [-0.3, -0.25) is 5.32 Å². The van der Waals surface area contributed by atoms with Gasteiger partial charge < -0.3 is 30.0 Å². The Labute approximate surface area is 204 Å². The van der Waals surface area contributed by atoms with E-state index in [0.717, 1.165) is 47.8 Å². The van der Waals surface area contributed by atoms with E-state index in [1.54, 1.807) is 0 Å². The highest BCUT2D eigenvalue weighted by Crippen LogP contribution is 2.45. The number of carbonyl (C=O) groups is 1.